The molecule has 0 aliphatic carbocycles. The van der Waals surface area contributed by atoms with E-state index in [1.54, 1.807) is 19.9 Å². The summed E-state index contributed by atoms with van der Waals surface area (Å²) < 4.78 is 40.4. The maximum Gasteiger partial charge on any atom is 0.229 e. The van der Waals surface area contributed by atoms with Crippen molar-refractivity contribution in [3.05, 3.63) is 46.0 Å². The van der Waals surface area contributed by atoms with E-state index in [0.29, 0.717) is 27.7 Å². The second-order valence-electron chi connectivity index (χ2n) is 4.78. The van der Waals surface area contributed by atoms with Crippen molar-refractivity contribution in [3.8, 4) is 0 Å². The minimum Gasteiger partial charge on any atom is -0.280 e. The van der Waals surface area contributed by atoms with Crippen LogP contribution in [0.15, 0.2) is 18.2 Å². The van der Waals surface area contributed by atoms with Gasteiger partial charge in [-0.15, -0.1) is 0 Å². The average molecular weight is 332 g/mol. The first-order chi connectivity index (χ1) is 9.69. The zero-order chi connectivity index (χ0) is 15.8. The Kier molecular flexibility index (Phi) is 4.25. The lowest BCUT2D eigenvalue weighted by atomic mass is 10.2. The Balaban J connectivity index is 2.41. The van der Waals surface area contributed by atoms with Crippen molar-refractivity contribution in [2.45, 2.75) is 20.4 Å². The van der Waals surface area contributed by atoms with Crippen LogP contribution in [-0.2, 0) is 16.6 Å². The summed E-state index contributed by atoms with van der Waals surface area (Å²) >= 11 is 5.99. The van der Waals surface area contributed by atoms with E-state index in [1.807, 2.05) is 0 Å². The van der Waals surface area contributed by atoms with Gasteiger partial charge in [-0.25, -0.2) is 12.8 Å². The minimum absolute atomic E-state index is 0.129. The number of rotatable bonds is 4. The number of benzene rings is 1. The number of hydrogen-bond acceptors (Lipinski definition) is 3. The molecule has 5 nitrogen and oxygen atoms in total. The molecule has 1 heterocycles. The molecule has 8 heteroatoms. The molecule has 0 saturated carbocycles. The van der Waals surface area contributed by atoms with Crippen LogP contribution in [0.5, 0.6) is 0 Å². The standard InChI is InChI=1S/C13H15ClFN3O2S/c1-8-13(17-21(3,19)20)9(2)18(16-8)7-10-11(14)5-4-6-12(10)15/h4-6,17H,7H2,1-3H3. The van der Waals surface area contributed by atoms with Crippen LogP contribution in [0.4, 0.5) is 10.1 Å². The summed E-state index contributed by atoms with van der Waals surface area (Å²) in [7, 11) is -3.40. The highest BCUT2D eigenvalue weighted by molar-refractivity contribution is 7.92. The summed E-state index contributed by atoms with van der Waals surface area (Å²) in [4.78, 5) is 0. The molecule has 2 rings (SSSR count). The average Bonchev–Trinajstić information content (AvgIpc) is 2.60. The molecule has 0 fully saturated rings. The zero-order valence-electron chi connectivity index (χ0n) is 11.8. The van der Waals surface area contributed by atoms with Crippen molar-refractivity contribution in [2.24, 2.45) is 0 Å². The highest BCUT2D eigenvalue weighted by atomic mass is 35.5. The van der Waals surface area contributed by atoms with Gasteiger partial charge in [0, 0.05) is 10.6 Å². The first-order valence-electron chi connectivity index (χ1n) is 6.13. The van der Waals surface area contributed by atoms with Gasteiger partial charge in [0.15, 0.2) is 0 Å². The Labute approximate surface area is 127 Å². The van der Waals surface area contributed by atoms with Gasteiger partial charge in [0.25, 0.3) is 0 Å². The van der Waals surface area contributed by atoms with Crippen molar-refractivity contribution >= 4 is 27.3 Å². The van der Waals surface area contributed by atoms with E-state index in [1.165, 1.54) is 16.8 Å². The third-order valence-electron chi connectivity index (χ3n) is 3.04. The fraction of sp³-hybridized carbons (Fsp3) is 0.308. The molecule has 0 bridgehead atoms. The second kappa shape index (κ2) is 5.65. The zero-order valence-corrected chi connectivity index (χ0v) is 13.4. The van der Waals surface area contributed by atoms with Crippen LogP contribution in [0.25, 0.3) is 0 Å². The molecule has 21 heavy (non-hydrogen) atoms. The van der Waals surface area contributed by atoms with Crippen molar-refractivity contribution in [1.29, 1.82) is 0 Å². The minimum atomic E-state index is -3.40. The lowest BCUT2D eigenvalue weighted by molar-refractivity contribution is 0.579. The molecule has 1 aromatic heterocycles. The molecule has 2 aromatic rings. The summed E-state index contributed by atoms with van der Waals surface area (Å²) in [6, 6.07) is 4.45. The van der Waals surface area contributed by atoms with E-state index in [2.05, 4.69) is 9.82 Å². The van der Waals surface area contributed by atoms with E-state index in [4.69, 9.17) is 11.6 Å². The van der Waals surface area contributed by atoms with Crippen LogP contribution in [0, 0.1) is 19.7 Å². The number of nitrogens with one attached hydrogen (secondary N) is 1. The smallest absolute Gasteiger partial charge is 0.229 e. The van der Waals surface area contributed by atoms with Crippen LogP contribution in [0.3, 0.4) is 0 Å². The quantitative estimate of drug-likeness (QED) is 0.937. The number of aryl methyl sites for hydroxylation is 1. The molecule has 0 saturated heterocycles. The van der Waals surface area contributed by atoms with Crippen LogP contribution in [0.2, 0.25) is 5.02 Å². The summed E-state index contributed by atoms with van der Waals surface area (Å²) in [6.07, 6.45) is 1.07. The van der Waals surface area contributed by atoms with Gasteiger partial charge in [-0.05, 0) is 26.0 Å². The number of aromatic nitrogens is 2. The Hall–Kier alpha value is -1.60. The molecule has 0 unspecified atom stereocenters. The topological polar surface area (TPSA) is 64.0 Å². The summed E-state index contributed by atoms with van der Waals surface area (Å²) in [5.74, 6) is -0.423. The number of halogens is 2. The van der Waals surface area contributed by atoms with Crippen LogP contribution in [-0.4, -0.2) is 24.5 Å². The molecule has 1 N–H and O–H groups in total. The number of anilines is 1. The third kappa shape index (κ3) is 3.54. The van der Waals surface area contributed by atoms with Gasteiger partial charge < -0.3 is 0 Å². The van der Waals surface area contributed by atoms with Crippen molar-refractivity contribution < 1.29 is 12.8 Å². The fourth-order valence-electron chi connectivity index (χ4n) is 2.02. The van der Waals surface area contributed by atoms with Gasteiger partial charge in [0.2, 0.25) is 10.0 Å². The number of hydrogen-bond donors (Lipinski definition) is 1. The van der Waals surface area contributed by atoms with Crippen LogP contribution < -0.4 is 4.72 Å². The van der Waals surface area contributed by atoms with E-state index in [-0.39, 0.29) is 6.54 Å². The molecule has 1 aromatic carbocycles. The third-order valence-corrected chi connectivity index (χ3v) is 3.97. The first-order valence-corrected chi connectivity index (χ1v) is 8.40. The SMILES string of the molecule is Cc1nn(Cc2c(F)cccc2Cl)c(C)c1NS(C)(=O)=O. The normalized spacial score (nSPS) is 11.7. The van der Waals surface area contributed by atoms with E-state index in [0.717, 1.165) is 6.26 Å². The van der Waals surface area contributed by atoms with Gasteiger partial charge in [0.05, 0.1) is 29.9 Å². The Morgan fingerprint density at radius 2 is 2.05 bits per heavy atom. The van der Waals surface area contributed by atoms with Gasteiger partial charge >= 0.3 is 0 Å². The van der Waals surface area contributed by atoms with Crippen molar-refractivity contribution in [2.75, 3.05) is 11.0 Å². The molecule has 0 aliphatic heterocycles. The molecule has 0 aliphatic rings. The largest absolute Gasteiger partial charge is 0.280 e. The molecule has 0 amide bonds. The maximum absolute atomic E-state index is 13.8. The van der Waals surface area contributed by atoms with E-state index in [9.17, 15) is 12.8 Å². The predicted molar refractivity (Wildman–Crippen MR) is 80.7 cm³/mol. The first kappa shape index (κ1) is 15.8. The monoisotopic (exact) mass is 331 g/mol. The van der Waals surface area contributed by atoms with Crippen LogP contribution in [0.1, 0.15) is 17.0 Å². The molecule has 114 valence electrons. The Morgan fingerprint density at radius 1 is 1.38 bits per heavy atom. The van der Waals surface area contributed by atoms with Crippen molar-refractivity contribution in [3.63, 3.8) is 0 Å². The van der Waals surface area contributed by atoms with Gasteiger partial charge in [-0.1, -0.05) is 17.7 Å². The van der Waals surface area contributed by atoms with E-state index >= 15 is 0 Å². The number of sulfonamides is 1. The number of nitrogens with zero attached hydrogens (tertiary/aromatic N) is 2. The lowest BCUT2D eigenvalue weighted by Gasteiger charge is -2.09. The van der Waals surface area contributed by atoms with Gasteiger partial charge in [-0.3, -0.25) is 9.40 Å². The summed E-state index contributed by atoms with van der Waals surface area (Å²) in [5, 5.41) is 4.54. The lowest BCUT2D eigenvalue weighted by Crippen LogP contribution is -2.11. The maximum atomic E-state index is 13.8. The molecule has 0 spiro atoms. The van der Waals surface area contributed by atoms with Gasteiger partial charge in [-0.2, -0.15) is 5.10 Å². The second-order valence-corrected chi connectivity index (χ2v) is 6.93. The Morgan fingerprint density at radius 3 is 2.62 bits per heavy atom. The Bertz CT molecular complexity index is 767. The highest BCUT2D eigenvalue weighted by Gasteiger charge is 2.17. The van der Waals surface area contributed by atoms with E-state index < -0.39 is 15.8 Å². The van der Waals surface area contributed by atoms with Crippen LogP contribution >= 0.6 is 11.6 Å². The fourth-order valence-corrected chi connectivity index (χ4v) is 2.91. The summed E-state index contributed by atoms with van der Waals surface area (Å²) in [6.45, 7) is 3.52. The van der Waals surface area contributed by atoms with Crippen molar-refractivity contribution in [1.82, 2.24) is 9.78 Å². The molecule has 0 atom stereocenters. The molecular formula is C13H15ClFN3O2S. The highest BCUT2D eigenvalue weighted by Crippen LogP contribution is 2.24. The molecular weight excluding hydrogens is 317 g/mol. The molecule has 0 radical (unpaired) electrons. The summed E-state index contributed by atoms with van der Waals surface area (Å²) in [5.41, 5.74) is 1.84. The van der Waals surface area contributed by atoms with Gasteiger partial charge in [0.1, 0.15) is 5.82 Å². The predicted octanol–water partition coefficient (Wildman–Crippen LogP) is 2.71.